The van der Waals surface area contributed by atoms with Crippen LogP contribution in [0.4, 0.5) is 27.5 Å². The van der Waals surface area contributed by atoms with Gasteiger partial charge in [0.25, 0.3) is 32.1 Å². The molecule has 54 heavy (non-hydrogen) atoms. The summed E-state index contributed by atoms with van der Waals surface area (Å²) in [5.41, 5.74) is 2.84. The third kappa shape index (κ3) is 7.79. The molecule has 8 N–H and O–H groups in total. The third-order valence-electron chi connectivity index (χ3n) is 8.48. The number of rotatable bonds is 8. The van der Waals surface area contributed by atoms with Gasteiger partial charge in [-0.05, 0) is 122 Å². The van der Waals surface area contributed by atoms with Crippen molar-refractivity contribution in [3.63, 3.8) is 0 Å². The maximum atomic E-state index is 13.0. The molecule has 0 unspecified atom stereocenters. The Morgan fingerprint density at radius 2 is 0.889 bits per heavy atom. The summed E-state index contributed by atoms with van der Waals surface area (Å²) in [6, 6.07) is 21.3. The number of imide groups is 2. The Hall–Kier alpha value is -6.53. The molecule has 0 atom stereocenters. The van der Waals surface area contributed by atoms with Crippen LogP contribution < -0.4 is 21.3 Å². The van der Waals surface area contributed by atoms with E-state index in [-0.39, 0.29) is 32.4 Å². The lowest BCUT2D eigenvalue weighted by atomic mass is 10.1. The second-order valence-electron chi connectivity index (χ2n) is 12.2. The van der Waals surface area contributed by atoms with Crippen molar-refractivity contribution in [3.8, 4) is 11.5 Å². The molecule has 0 bridgehead atoms. The Kier molecular flexibility index (Phi) is 9.74. The molecule has 0 heterocycles. The molecule has 6 aromatic carbocycles. The van der Waals surface area contributed by atoms with Gasteiger partial charge in [-0.15, -0.1) is 0 Å². The minimum atomic E-state index is -4.52. The zero-order valence-corrected chi connectivity index (χ0v) is 29.8. The smallest absolute Gasteiger partial charge is 0.328 e. The SMILES string of the molecule is Cc1cc(Nc2ccc(O)c3ccc(S(=O)(=O)O)cc23)ccc1C(=O)NC(=O)NC(=O)c1ccc(Nc2ccc(O)c3ccc(S(=O)(=O)O)cc23)cc1C. The fraction of sp³-hybridized carbons (Fsp3) is 0.0541. The topological polar surface area (TPSA) is 249 Å². The molecule has 15 nitrogen and oxygen atoms in total. The van der Waals surface area contributed by atoms with Crippen molar-refractivity contribution in [2.45, 2.75) is 23.6 Å². The largest absolute Gasteiger partial charge is 0.507 e. The Morgan fingerprint density at radius 3 is 1.24 bits per heavy atom. The maximum Gasteiger partial charge on any atom is 0.328 e. The monoisotopic (exact) mass is 770 g/mol. The molecular formula is C37H30N4O11S2. The minimum Gasteiger partial charge on any atom is -0.507 e. The Labute approximate surface area is 307 Å². The number of carbonyl (C=O) groups excluding carboxylic acids is 3. The first-order chi connectivity index (χ1) is 25.4. The second kappa shape index (κ2) is 14.1. The van der Waals surface area contributed by atoms with E-state index in [1.807, 2.05) is 0 Å². The summed E-state index contributed by atoms with van der Waals surface area (Å²) >= 11 is 0. The quantitative estimate of drug-likeness (QED) is 0.0628. The Balaban J connectivity index is 1.12. The lowest BCUT2D eigenvalue weighted by Gasteiger charge is -2.14. The van der Waals surface area contributed by atoms with E-state index in [1.165, 1.54) is 72.8 Å². The van der Waals surface area contributed by atoms with Crippen LogP contribution in [0.5, 0.6) is 11.5 Å². The van der Waals surface area contributed by atoms with E-state index in [0.29, 0.717) is 55.4 Å². The summed E-state index contributed by atoms with van der Waals surface area (Å²) in [4.78, 5) is 38.0. The number of urea groups is 1. The Morgan fingerprint density at radius 1 is 0.500 bits per heavy atom. The average molecular weight is 771 g/mol. The van der Waals surface area contributed by atoms with E-state index in [0.717, 1.165) is 12.1 Å². The van der Waals surface area contributed by atoms with Gasteiger partial charge in [-0.1, -0.05) is 0 Å². The van der Waals surface area contributed by atoms with Gasteiger partial charge in [0, 0.05) is 55.4 Å². The summed E-state index contributed by atoms with van der Waals surface area (Å²) in [6.45, 7) is 3.23. The summed E-state index contributed by atoms with van der Waals surface area (Å²) < 4.78 is 65.8. The standard InChI is InChI=1S/C37H30N4O11S2/c1-19-15-21(38-31-11-13-33(42)27-9-5-23(17-29(27)31)53(47,48)49)3-7-25(19)35(44)40-37(46)41-36(45)26-8-4-22(16-20(26)2)39-32-12-14-34(43)28-10-6-24(18-30(28)32)54(50,51)52/h3-18,38-39,42-43H,1-2H3,(H,47,48,49)(H,50,51,52)(H2,40,41,44,45,46). The van der Waals surface area contributed by atoms with Gasteiger partial charge in [-0.25, -0.2) is 4.79 Å². The van der Waals surface area contributed by atoms with Crippen LogP contribution in [0.25, 0.3) is 21.5 Å². The number of phenolic OH excluding ortho intramolecular Hbond substituents is 2. The van der Waals surface area contributed by atoms with Crippen molar-refractivity contribution in [3.05, 3.63) is 119 Å². The van der Waals surface area contributed by atoms with Gasteiger partial charge in [-0.2, -0.15) is 16.8 Å². The molecule has 0 spiro atoms. The van der Waals surface area contributed by atoms with Crippen molar-refractivity contribution in [1.29, 1.82) is 0 Å². The molecule has 6 rings (SSSR count). The molecule has 0 aromatic heterocycles. The highest BCUT2D eigenvalue weighted by Gasteiger charge is 2.19. The first kappa shape index (κ1) is 37.2. The van der Waals surface area contributed by atoms with Crippen molar-refractivity contribution in [1.82, 2.24) is 10.6 Å². The fourth-order valence-corrected chi connectivity index (χ4v) is 6.85. The van der Waals surface area contributed by atoms with Crippen LogP contribution >= 0.6 is 0 Å². The highest BCUT2D eigenvalue weighted by Crippen LogP contribution is 2.36. The van der Waals surface area contributed by atoms with Crippen LogP contribution in [0.2, 0.25) is 0 Å². The summed E-state index contributed by atoms with van der Waals surface area (Å²) in [6.07, 6.45) is 0. The predicted octanol–water partition coefficient (Wildman–Crippen LogP) is 6.28. The molecule has 0 fully saturated rings. The van der Waals surface area contributed by atoms with E-state index in [1.54, 1.807) is 26.0 Å². The summed E-state index contributed by atoms with van der Waals surface area (Å²) in [5.74, 6) is -1.82. The fourth-order valence-electron chi connectivity index (χ4n) is 5.84. The molecule has 0 aliphatic rings. The van der Waals surface area contributed by atoms with E-state index in [9.17, 15) is 50.5 Å². The number of fused-ring (bicyclic) bond motifs is 2. The van der Waals surface area contributed by atoms with Gasteiger partial charge in [0.1, 0.15) is 11.5 Å². The van der Waals surface area contributed by atoms with Gasteiger partial charge < -0.3 is 20.8 Å². The molecule has 0 aliphatic heterocycles. The van der Waals surface area contributed by atoms with Crippen molar-refractivity contribution in [2.75, 3.05) is 10.6 Å². The summed E-state index contributed by atoms with van der Waals surface area (Å²) in [5, 5.41) is 32.2. The van der Waals surface area contributed by atoms with Gasteiger partial charge in [0.15, 0.2) is 0 Å². The molecule has 6 aromatic rings. The zero-order chi connectivity index (χ0) is 39.1. The van der Waals surface area contributed by atoms with Crippen LogP contribution in [-0.2, 0) is 20.2 Å². The molecule has 276 valence electrons. The van der Waals surface area contributed by atoms with E-state index < -0.39 is 38.1 Å². The second-order valence-corrected chi connectivity index (χ2v) is 15.0. The van der Waals surface area contributed by atoms with Crippen molar-refractivity contribution >= 4 is 82.4 Å². The average Bonchev–Trinajstić information content (AvgIpc) is 3.09. The lowest BCUT2D eigenvalue weighted by molar-refractivity contribution is 0.0944. The minimum absolute atomic E-state index is 0.109. The van der Waals surface area contributed by atoms with Crippen LogP contribution in [0.15, 0.2) is 107 Å². The zero-order valence-electron chi connectivity index (χ0n) is 28.2. The van der Waals surface area contributed by atoms with Gasteiger partial charge >= 0.3 is 6.03 Å². The molecule has 4 amide bonds. The molecule has 0 aliphatic carbocycles. The van der Waals surface area contributed by atoms with Crippen LogP contribution in [0, 0.1) is 13.8 Å². The summed E-state index contributed by atoms with van der Waals surface area (Å²) in [7, 11) is -9.03. The number of phenols is 2. The predicted molar refractivity (Wildman–Crippen MR) is 200 cm³/mol. The first-order valence-electron chi connectivity index (χ1n) is 15.8. The number of hydrogen-bond donors (Lipinski definition) is 8. The highest BCUT2D eigenvalue weighted by molar-refractivity contribution is 7.86. The number of hydrogen-bond acceptors (Lipinski definition) is 11. The number of aromatic hydroxyl groups is 2. The number of anilines is 4. The van der Waals surface area contributed by atoms with E-state index >= 15 is 0 Å². The number of nitrogens with one attached hydrogen (secondary N) is 4. The maximum absolute atomic E-state index is 13.0. The number of aryl methyl sites for hydroxylation is 2. The number of carbonyl (C=O) groups is 3. The van der Waals surface area contributed by atoms with Crippen LogP contribution in [0.3, 0.4) is 0 Å². The molecule has 17 heteroatoms. The third-order valence-corrected chi connectivity index (χ3v) is 10.2. The molecule has 0 saturated carbocycles. The number of benzene rings is 6. The number of amides is 4. The molecular weight excluding hydrogens is 741 g/mol. The normalized spacial score (nSPS) is 11.6. The highest BCUT2D eigenvalue weighted by atomic mass is 32.2. The van der Waals surface area contributed by atoms with Crippen LogP contribution in [-0.4, -0.2) is 54.0 Å². The van der Waals surface area contributed by atoms with Gasteiger partial charge in [-0.3, -0.25) is 29.3 Å². The van der Waals surface area contributed by atoms with Crippen molar-refractivity contribution < 1.29 is 50.5 Å². The molecule has 0 saturated heterocycles. The van der Waals surface area contributed by atoms with Crippen LogP contribution in [0.1, 0.15) is 31.8 Å². The van der Waals surface area contributed by atoms with Gasteiger partial charge in [0.2, 0.25) is 0 Å². The Bertz CT molecular complexity index is 2600. The molecule has 0 radical (unpaired) electrons. The first-order valence-corrected chi connectivity index (χ1v) is 18.7. The van der Waals surface area contributed by atoms with Gasteiger partial charge in [0.05, 0.1) is 9.79 Å². The lowest BCUT2D eigenvalue weighted by Crippen LogP contribution is -2.42. The van der Waals surface area contributed by atoms with Crippen molar-refractivity contribution in [2.24, 2.45) is 0 Å². The van der Waals surface area contributed by atoms with E-state index in [2.05, 4.69) is 21.3 Å². The van der Waals surface area contributed by atoms with E-state index in [4.69, 9.17) is 0 Å².